The molecule has 0 heterocycles. The average Bonchev–Trinajstić information content (AvgIpc) is 3.61. The van der Waals surface area contributed by atoms with Crippen molar-refractivity contribution in [3.8, 4) is 28.3 Å². The molecule has 8 aromatic rings. The van der Waals surface area contributed by atoms with E-state index < -0.39 is 5.41 Å². The van der Waals surface area contributed by atoms with Gasteiger partial charge in [0.15, 0.2) is 0 Å². The van der Waals surface area contributed by atoms with Crippen molar-refractivity contribution in [2.75, 3.05) is 4.90 Å². The Morgan fingerprint density at radius 2 is 1.10 bits per heavy atom. The molecule has 0 unspecified atom stereocenters. The van der Waals surface area contributed by atoms with Crippen LogP contribution in [-0.4, -0.2) is 0 Å². The zero-order valence-corrected chi connectivity index (χ0v) is 26.1. The molecule has 0 amide bonds. The molecule has 2 aliphatic carbocycles. The lowest BCUT2D eigenvalue weighted by molar-refractivity contribution is 0.795. The lowest BCUT2D eigenvalue weighted by atomic mass is 9.70. The number of benzene rings is 8. The van der Waals surface area contributed by atoms with E-state index in [0.29, 0.717) is 5.56 Å². The van der Waals surface area contributed by atoms with Crippen LogP contribution in [0.1, 0.15) is 27.8 Å². The van der Waals surface area contributed by atoms with Crippen LogP contribution in [-0.2, 0) is 5.41 Å². The van der Waals surface area contributed by atoms with E-state index in [0.717, 1.165) is 17.1 Å². The third kappa shape index (κ3) is 3.51. The number of rotatable bonds is 3. The van der Waals surface area contributed by atoms with E-state index in [4.69, 9.17) is 0 Å². The van der Waals surface area contributed by atoms with Crippen LogP contribution in [0, 0.1) is 11.3 Å². The van der Waals surface area contributed by atoms with Gasteiger partial charge in [-0.05, 0) is 115 Å². The van der Waals surface area contributed by atoms with Crippen molar-refractivity contribution >= 4 is 38.6 Å². The normalized spacial score (nSPS) is 13.1. The molecule has 10 rings (SSSR count). The van der Waals surface area contributed by atoms with Crippen molar-refractivity contribution in [2.45, 2.75) is 5.41 Å². The smallest absolute Gasteiger partial charge is 0.101 e. The predicted molar refractivity (Wildman–Crippen MR) is 197 cm³/mol. The number of anilines is 3. The summed E-state index contributed by atoms with van der Waals surface area (Å²) in [6, 6.07) is 63.6. The largest absolute Gasteiger partial charge is 0.309 e. The van der Waals surface area contributed by atoms with Gasteiger partial charge in [-0.1, -0.05) is 121 Å². The van der Waals surface area contributed by atoms with Gasteiger partial charge in [-0.3, -0.25) is 0 Å². The monoisotopic (exact) mass is 608 g/mol. The summed E-state index contributed by atoms with van der Waals surface area (Å²) in [5.41, 5.74) is 13.7. The number of fused-ring (bicyclic) bond motifs is 13. The van der Waals surface area contributed by atoms with Gasteiger partial charge in [0.1, 0.15) is 6.07 Å². The van der Waals surface area contributed by atoms with Gasteiger partial charge in [0.05, 0.1) is 16.7 Å². The predicted octanol–water partition coefficient (Wildman–Crippen LogP) is 11.7. The SMILES string of the molecule is N#Cc1ccccc1N(c1ccccc1)c1ccc2cc3c(cc2c1)C1(c2ccccc2-c2ccccc21)c1ccc2ccccc2c1-3. The molecule has 222 valence electrons. The summed E-state index contributed by atoms with van der Waals surface area (Å²) < 4.78 is 0. The minimum atomic E-state index is -0.432. The fourth-order valence-corrected chi connectivity index (χ4v) is 8.54. The summed E-state index contributed by atoms with van der Waals surface area (Å²) in [6.45, 7) is 0. The van der Waals surface area contributed by atoms with E-state index in [1.165, 1.54) is 66.1 Å². The molecule has 0 saturated heterocycles. The third-order valence-corrected chi connectivity index (χ3v) is 10.5. The van der Waals surface area contributed by atoms with Crippen LogP contribution in [0.15, 0.2) is 170 Å². The molecule has 1 spiro atoms. The molecule has 8 aromatic carbocycles. The van der Waals surface area contributed by atoms with Crippen molar-refractivity contribution in [2.24, 2.45) is 0 Å². The fraction of sp³-hybridized carbons (Fsp3) is 0.0217. The fourth-order valence-electron chi connectivity index (χ4n) is 8.54. The summed E-state index contributed by atoms with van der Waals surface area (Å²) in [5.74, 6) is 0. The topological polar surface area (TPSA) is 27.0 Å². The Bertz CT molecular complexity index is 2600. The van der Waals surface area contributed by atoms with Gasteiger partial charge in [0.25, 0.3) is 0 Å². The zero-order chi connectivity index (χ0) is 31.8. The molecule has 0 atom stereocenters. The van der Waals surface area contributed by atoms with Gasteiger partial charge < -0.3 is 4.90 Å². The lowest BCUT2D eigenvalue weighted by Gasteiger charge is -2.31. The molecule has 0 N–H and O–H groups in total. The van der Waals surface area contributed by atoms with Crippen molar-refractivity contribution in [1.82, 2.24) is 0 Å². The van der Waals surface area contributed by atoms with Crippen LogP contribution >= 0.6 is 0 Å². The van der Waals surface area contributed by atoms with Gasteiger partial charge in [0, 0.05) is 11.4 Å². The quantitative estimate of drug-likeness (QED) is 0.199. The number of hydrogen-bond donors (Lipinski definition) is 0. The number of para-hydroxylation sites is 2. The first kappa shape index (κ1) is 26.8. The Morgan fingerprint density at radius 1 is 0.438 bits per heavy atom. The number of nitrogens with zero attached hydrogens (tertiary/aromatic N) is 2. The van der Waals surface area contributed by atoms with E-state index in [1.54, 1.807) is 0 Å². The van der Waals surface area contributed by atoms with Crippen molar-refractivity contribution < 1.29 is 0 Å². The first-order valence-electron chi connectivity index (χ1n) is 16.4. The van der Waals surface area contributed by atoms with Crippen LogP contribution in [0.3, 0.4) is 0 Å². The Hall–Kier alpha value is -6.43. The molecule has 0 fully saturated rings. The molecule has 48 heavy (non-hydrogen) atoms. The summed E-state index contributed by atoms with van der Waals surface area (Å²) in [7, 11) is 0. The molecule has 2 aliphatic rings. The number of hydrogen-bond acceptors (Lipinski definition) is 2. The second-order valence-electron chi connectivity index (χ2n) is 12.8. The maximum absolute atomic E-state index is 10.1. The van der Waals surface area contributed by atoms with Gasteiger partial charge >= 0.3 is 0 Å². The molecule has 0 bridgehead atoms. The van der Waals surface area contributed by atoms with E-state index in [9.17, 15) is 5.26 Å². The van der Waals surface area contributed by atoms with Gasteiger partial charge in [-0.15, -0.1) is 0 Å². The Morgan fingerprint density at radius 3 is 1.90 bits per heavy atom. The number of nitriles is 1. The highest BCUT2D eigenvalue weighted by molar-refractivity contribution is 6.09. The first-order valence-corrected chi connectivity index (χ1v) is 16.4. The molecule has 0 aromatic heterocycles. The van der Waals surface area contributed by atoms with E-state index in [2.05, 4.69) is 138 Å². The van der Waals surface area contributed by atoms with Crippen LogP contribution in [0.2, 0.25) is 0 Å². The highest BCUT2D eigenvalue weighted by Crippen LogP contribution is 2.64. The third-order valence-electron chi connectivity index (χ3n) is 10.5. The molecule has 2 nitrogen and oxygen atoms in total. The summed E-state index contributed by atoms with van der Waals surface area (Å²) in [4.78, 5) is 2.20. The van der Waals surface area contributed by atoms with Gasteiger partial charge in [-0.25, -0.2) is 0 Å². The molecule has 2 heteroatoms. The highest BCUT2D eigenvalue weighted by Gasteiger charge is 2.52. The lowest BCUT2D eigenvalue weighted by Crippen LogP contribution is -2.25. The van der Waals surface area contributed by atoms with Crippen LogP contribution in [0.25, 0.3) is 43.8 Å². The van der Waals surface area contributed by atoms with Crippen molar-refractivity contribution in [1.29, 1.82) is 5.26 Å². The summed E-state index contributed by atoms with van der Waals surface area (Å²) in [5, 5.41) is 15.0. The summed E-state index contributed by atoms with van der Waals surface area (Å²) in [6.07, 6.45) is 0. The molecular formula is C46H28N2. The van der Waals surface area contributed by atoms with Crippen LogP contribution < -0.4 is 4.90 Å². The molecule has 0 radical (unpaired) electrons. The Labute approximate surface area is 279 Å². The molecule has 0 saturated carbocycles. The average molecular weight is 609 g/mol. The minimum Gasteiger partial charge on any atom is -0.309 e. The van der Waals surface area contributed by atoms with E-state index in [-0.39, 0.29) is 0 Å². The van der Waals surface area contributed by atoms with E-state index >= 15 is 0 Å². The second-order valence-corrected chi connectivity index (χ2v) is 12.8. The maximum Gasteiger partial charge on any atom is 0.101 e. The molecular weight excluding hydrogens is 581 g/mol. The second kappa shape index (κ2) is 10.0. The highest BCUT2D eigenvalue weighted by atomic mass is 15.1. The maximum atomic E-state index is 10.1. The summed E-state index contributed by atoms with van der Waals surface area (Å²) >= 11 is 0. The Balaban J connectivity index is 1.29. The van der Waals surface area contributed by atoms with Crippen molar-refractivity contribution in [3.63, 3.8) is 0 Å². The Kier molecular flexibility index (Phi) is 5.59. The van der Waals surface area contributed by atoms with Crippen LogP contribution in [0.4, 0.5) is 17.1 Å². The zero-order valence-electron chi connectivity index (χ0n) is 26.1. The van der Waals surface area contributed by atoms with Gasteiger partial charge in [0.2, 0.25) is 0 Å². The van der Waals surface area contributed by atoms with Crippen LogP contribution in [0.5, 0.6) is 0 Å². The molecule has 0 aliphatic heterocycles. The van der Waals surface area contributed by atoms with Crippen molar-refractivity contribution in [3.05, 3.63) is 198 Å². The standard InChI is InChI=1S/C46H28N2/c47-29-32-13-5-11-21-44(32)48(34-14-2-1-3-15-34)35-24-22-31-27-39-43(28-33(31)26-35)46(42-25-23-30-12-4-6-16-36(30)45(39)42)40-19-9-7-17-37(40)38-18-8-10-20-41(38)46/h1-28H. The first-order chi connectivity index (χ1) is 23.8. The minimum absolute atomic E-state index is 0.432. The van der Waals surface area contributed by atoms with E-state index in [1.807, 2.05) is 42.5 Å². The van der Waals surface area contributed by atoms with Gasteiger partial charge in [-0.2, -0.15) is 5.26 Å².